The highest BCUT2D eigenvalue weighted by atomic mass is 16.7. The first-order valence-electron chi connectivity index (χ1n) is 12.2. The number of aromatic nitrogens is 3. The topological polar surface area (TPSA) is 131 Å². The molecule has 0 radical (unpaired) electrons. The van der Waals surface area contributed by atoms with Gasteiger partial charge in [-0.25, -0.2) is 4.79 Å². The molecule has 3 amide bonds. The Morgan fingerprint density at radius 2 is 2.14 bits per heavy atom. The second kappa shape index (κ2) is 11.6. The molecule has 0 unspecified atom stereocenters. The molecule has 2 N–H and O–H groups in total. The van der Waals surface area contributed by atoms with Gasteiger partial charge in [0.15, 0.2) is 11.5 Å². The second-order valence-corrected chi connectivity index (χ2v) is 9.36. The highest BCUT2D eigenvalue weighted by Crippen LogP contribution is 2.34. The molecule has 3 atom stereocenters. The zero-order chi connectivity index (χ0) is 25.7. The maximum absolute atomic E-state index is 13.0. The molecular formula is C24H34N6O6. The molecule has 0 saturated carbocycles. The number of aliphatic hydroxyl groups excluding tert-OH is 1. The minimum Gasteiger partial charge on any atom is -0.454 e. The number of carbonyl (C=O) groups is 2. The van der Waals surface area contributed by atoms with Crippen molar-refractivity contribution in [3.63, 3.8) is 0 Å². The Morgan fingerprint density at radius 1 is 1.33 bits per heavy atom. The zero-order valence-corrected chi connectivity index (χ0v) is 20.9. The molecule has 0 saturated heterocycles. The van der Waals surface area contributed by atoms with Crippen molar-refractivity contribution in [2.75, 3.05) is 38.9 Å². The number of carbonyl (C=O) groups excluding carboxylic acids is 2. The summed E-state index contributed by atoms with van der Waals surface area (Å²) in [6.07, 6.45) is 2.38. The van der Waals surface area contributed by atoms with Gasteiger partial charge in [-0.2, -0.15) is 0 Å². The average molecular weight is 503 g/mol. The van der Waals surface area contributed by atoms with Gasteiger partial charge in [-0.3, -0.25) is 9.48 Å². The van der Waals surface area contributed by atoms with E-state index in [0.717, 1.165) is 0 Å². The van der Waals surface area contributed by atoms with Crippen LogP contribution < -0.4 is 14.8 Å². The van der Waals surface area contributed by atoms with Crippen molar-refractivity contribution in [2.45, 2.75) is 52.0 Å². The van der Waals surface area contributed by atoms with Gasteiger partial charge in [0, 0.05) is 50.8 Å². The number of amides is 3. The molecule has 0 fully saturated rings. The van der Waals surface area contributed by atoms with Gasteiger partial charge in [-0.05, 0) is 25.5 Å². The van der Waals surface area contributed by atoms with Gasteiger partial charge in [-0.15, -0.1) is 5.10 Å². The second-order valence-electron chi connectivity index (χ2n) is 9.36. The van der Waals surface area contributed by atoms with Crippen LogP contribution >= 0.6 is 0 Å². The highest BCUT2D eigenvalue weighted by molar-refractivity contribution is 5.89. The number of nitrogens with zero attached hydrogens (tertiary/aromatic N) is 5. The Bertz CT molecular complexity index is 1060. The summed E-state index contributed by atoms with van der Waals surface area (Å²) < 4.78 is 18.6. The summed E-state index contributed by atoms with van der Waals surface area (Å²) in [7, 11) is 1.69. The third kappa shape index (κ3) is 6.24. The van der Waals surface area contributed by atoms with E-state index in [1.54, 1.807) is 39.7 Å². The molecule has 0 aliphatic carbocycles. The minimum atomic E-state index is -0.399. The number of anilines is 1. The normalized spacial score (nSPS) is 21.2. The summed E-state index contributed by atoms with van der Waals surface area (Å²) in [4.78, 5) is 29.2. The molecule has 12 nitrogen and oxygen atoms in total. The van der Waals surface area contributed by atoms with E-state index in [9.17, 15) is 14.7 Å². The molecule has 1 aromatic carbocycles. The third-order valence-corrected chi connectivity index (χ3v) is 6.47. The first kappa shape index (κ1) is 25.7. The summed E-state index contributed by atoms with van der Waals surface area (Å²) in [6, 6.07) is 4.58. The predicted molar refractivity (Wildman–Crippen MR) is 129 cm³/mol. The molecule has 2 aliphatic heterocycles. The number of rotatable bonds is 5. The number of aryl methyl sites for hydroxylation is 1. The molecule has 2 aliphatic rings. The number of benzene rings is 1. The lowest BCUT2D eigenvalue weighted by Crippen LogP contribution is -2.48. The van der Waals surface area contributed by atoms with E-state index in [1.807, 2.05) is 20.0 Å². The molecule has 2 bridgehead atoms. The highest BCUT2D eigenvalue weighted by Gasteiger charge is 2.29. The number of ether oxygens (including phenoxy) is 3. The quantitative estimate of drug-likeness (QED) is 0.632. The number of urea groups is 1. The van der Waals surface area contributed by atoms with E-state index >= 15 is 0 Å². The van der Waals surface area contributed by atoms with Crippen molar-refractivity contribution < 1.29 is 28.9 Å². The fourth-order valence-corrected chi connectivity index (χ4v) is 4.24. The molecule has 1 aromatic heterocycles. The number of nitrogens with one attached hydrogen (secondary N) is 1. The Hall–Kier alpha value is -3.38. The van der Waals surface area contributed by atoms with Crippen LogP contribution in [0.1, 0.15) is 32.4 Å². The fraction of sp³-hybridized carbons (Fsp3) is 0.583. The first-order chi connectivity index (χ1) is 17.3. The van der Waals surface area contributed by atoms with Crippen molar-refractivity contribution >= 4 is 17.6 Å². The van der Waals surface area contributed by atoms with Gasteiger partial charge in [0.05, 0.1) is 31.6 Å². The van der Waals surface area contributed by atoms with Crippen molar-refractivity contribution in [3.8, 4) is 11.5 Å². The van der Waals surface area contributed by atoms with Crippen molar-refractivity contribution in [1.82, 2.24) is 24.8 Å². The van der Waals surface area contributed by atoms with Gasteiger partial charge in [0.1, 0.15) is 5.69 Å². The van der Waals surface area contributed by atoms with Crippen LogP contribution in [0.15, 0.2) is 24.4 Å². The summed E-state index contributed by atoms with van der Waals surface area (Å²) >= 11 is 0. The molecule has 196 valence electrons. The van der Waals surface area contributed by atoms with Crippen LogP contribution in [-0.2, 0) is 22.7 Å². The Balaban J connectivity index is 1.47. The fourth-order valence-electron chi connectivity index (χ4n) is 4.24. The average Bonchev–Trinajstić information content (AvgIpc) is 3.52. The Kier molecular flexibility index (Phi) is 8.26. The number of hydrogen-bond donors (Lipinski definition) is 2. The van der Waals surface area contributed by atoms with Gasteiger partial charge in [0.2, 0.25) is 12.7 Å². The van der Waals surface area contributed by atoms with E-state index in [2.05, 4.69) is 15.6 Å². The van der Waals surface area contributed by atoms with E-state index in [1.165, 1.54) is 0 Å². The van der Waals surface area contributed by atoms with E-state index in [0.29, 0.717) is 48.8 Å². The number of hydrogen-bond acceptors (Lipinski definition) is 8. The van der Waals surface area contributed by atoms with E-state index < -0.39 is 6.10 Å². The number of fused-ring (bicyclic) bond motifs is 3. The maximum atomic E-state index is 13.0. The summed E-state index contributed by atoms with van der Waals surface area (Å²) in [5.74, 6) is 1.06. The van der Waals surface area contributed by atoms with Crippen LogP contribution in [0.5, 0.6) is 11.5 Å². The van der Waals surface area contributed by atoms with Crippen molar-refractivity contribution in [2.24, 2.45) is 5.92 Å². The molecule has 2 aromatic rings. The van der Waals surface area contributed by atoms with Crippen LogP contribution in [0.4, 0.5) is 10.5 Å². The standard InChI is InChI=1S/C24H34N6O6/c1-16-10-30(17(2)13-31)23(32)5-4-8-29-11-19(26-27-29)14-34-22(16)12-28(3)24(33)25-18-6-7-20-21(9-18)36-15-35-20/h6-7,9,11,16-17,22,31H,4-5,8,10,12-15H2,1-3H3,(H,25,33)/t16-,17+,22+/m1/s1. The maximum Gasteiger partial charge on any atom is 0.321 e. The molecule has 36 heavy (non-hydrogen) atoms. The monoisotopic (exact) mass is 502 g/mol. The smallest absolute Gasteiger partial charge is 0.321 e. The lowest BCUT2D eigenvalue weighted by atomic mass is 10.0. The predicted octanol–water partition coefficient (Wildman–Crippen LogP) is 1.70. The first-order valence-corrected chi connectivity index (χ1v) is 12.2. The largest absolute Gasteiger partial charge is 0.454 e. The molecule has 12 heteroatoms. The van der Waals surface area contributed by atoms with Gasteiger partial charge >= 0.3 is 6.03 Å². The van der Waals surface area contributed by atoms with Crippen LogP contribution in [0.3, 0.4) is 0 Å². The SMILES string of the molecule is C[C@@H]1CN([C@@H](C)CO)C(=O)CCCn2cc(nn2)CO[C@H]1CN(C)C(=O)Nc1ccc2c(c1)OCO2. The van der Waals surface area contributed by atoms with Gasteiger partial charge in [0.25, 0.3) is 0 Å². The Labute approximate surface area is 210 Å². The third-order valence-electron chi connectivity index (χ3n) is 6.47. The van der Waals surface area contributed by atoms with Crippen LogP contribution in [0.2, 0.25) is 0 Å². The minimum absolute atomic E-state index is 0.0318. The summed E-state index contributed by atoms with van der Waals surface area (Å²) in [5.41, 5.74) is 1.27. The molecule has 4 rings (SSSR count). The lowest BCUT2D eigenvalue weighted by molar-refractivity contribution is -0.136. The summed E-state index contributed by atoms with van der Waals surface area (Å²) in [6.45, 7) is 5.31. The van der Waals surface area contributed by atoms with Crippen LogP contribution in [0.25, 0.3) is 0 Å². The van der Waals surface area contributed by atoms with Crippen LogP contribution in [0, 0.1) is 5.92 Å². The van der Waals surface area contributed by atoms with Crippen molar-refractivity contribution in [1.29, 1.82) is 0 Å². The molecule has 0 spiro atoms. The van der Waals surface area contributed by atoms with Crippen molar-refractivity contribution in [3.05, 3.63) is 30.1 Å². The van der Waals surface area contributed by atoms with Gasteiger partial charge < -0.3 is 34.4 Å². The summed E-state index contributed by atoms with van der Waals surface area (Å²) in [5, 5.41) is 20.9. The Morgan fingerprint density at radius 3 is 2.94 bits per heavy atom. The number of aliphatic hydroxyl groups is 1. The van der Waals surface area contributed by atoms with Crippen LogP contribution in [-0.4, -0.2) is 87.5 Å². The molecule has 3 heterocycles. The lowest BCUT2D eigenvalue weighted by Gasteiger charge is -2.35. The van der Waals surface area contributed by atoms with Gasteiger partial charge in [-0.1, -0.05) is 12.1 Å². The molecular weight excluding hydrogens is 468 g/mol. The van der Waals surface area contributed by atoms with E-state index in [4.69, 9.17) is 14.2 Å². The van der Waals surface area contributed by atoms with E-state index in [-0.39, 0.29) is 50.4 Å². The number of likely N-dealkylation sites (N-methyl/N-ethyl adjacent to an activating group) is 1. The zero-order valence-electron chi connectivity index (χ0n) is 20.9.